The molecule has 20 heavy (non-hydrogen) atoms. The Bertz CT molecular complexity index is 430. The molecule has 2 unspecified atom stereocenters. The molecule has 0 amide bonds. The lowest BCUT2D eigenvalue weighted by Gasteiger charge is -2.26. The second-order valence-electron chi connectivity index (χ2n) is 5.65. The highest BCUT2D eigenvalue weighted by Gasteiger charge is 2.27. The summed E-state index contributed by atoms with van der Waals surface area (Å²) in [5.74, 6) is 1.36. The summed E-state index contributed by atoms with van der Waals surface area (Å²) in [4.78, 5) is 0. The summed E-state index contributed by atoms with van der Waals surface area (Å²) in [5.41, 5.74) is 0.995. The van der Waals surface area contributed by atoms with Gasteiger partial charge in [-0.1, -0.05) is 17.7 Å². The van der Waals surface area contributed by atoms with Gasteiger partial charge in [-0.2, -0.15) is 0 Å². The van der Waals surface area contributed by atoms with Crippen molar-refractivity contribution in [2.75, 3.05) is 19.7 Å². The molecule has 1 N–H and O–H groups in total. The third-order valence-corrected chi connectivity index (χ3v) is 4.12. The van der Waals surface area contributed by atoms with Crippen LogP contribution in [0.25, 0.3) is 0 Å². The van der Waals surface area contributed by atoms with Gasteiger partial charge in [0.25, 0.3) is 0 Å². The summed E-state index contributed by atoms with van der Waals surface area (Å²) >= 11 is 6.16. The van der Waals surface area contributed by atoms with E-state index in [4.69, 9.17) is 21.1 Å². The van der Waals surface area contributed by atoms with Gasteiger partial charge in [-0.3, -0.25) is 0 Å². The Morgan fingerprint density at radius 3 is 2.85 bits per heavy atom. The van der Waals surface area contributed by atoms with Crippen LogP contribution in [-0.2, 0) is 4.74 Å². The van der Waals surface area contributed by atoms with Crippen LogP contribution in [0.3, 0.4) is 0 Å². The maximum Gasteiger partial charge on any atom is 0.126 e. The Hall–Kier alpha value is -0.770. The molecule has 1 fully saturated rings. The van der Waals surface area contributed by atoms with Gasteiger partial charge >= 0.3 is 0 Å². The Morgan fingerprint density at radius 2 is 2.20 bits per heavy atom. The molecule has 0 radical (unpaired) electrons. The minimum atomic E-state index is 0.0737. The van der Waals surface area contributed by atoms with Crippen LogP contribution in [0.5, 0.6) is 5.75 Å². The van der Waals surface area contributed by atoms with Crippen LogP contribution in [-0.4, -0.2) is 31.9 Å². The normalized spacial score (nSPS) is 20.4. The van der Waals surface area contributed by atoms with E-state index >= 15 is 0 Å². The molecular formula is C16H24ClNO2. The molecule has 4 heteroatoms. The molecule has 1 aliphatic rings. The van der Waals surface area contributed by atoms with Gasteiger partial charge in [0.05, 0.1) is 12.7 Å². The zero-order chi connectivity index (χ0) is 14.5. The van der Waals surface area contributed by atoms with Crippen LogP contribution >= 0.6 is 11.6 Å². The van der Waals surface area contributed by atoms with Gasteiger partial charge in [-0.15, -0.1) is 0 Å². The van der Waals surface area contributed by atoms with Crippen molar-refractivity contribution in [3.05, 3.63) is 28.8 Å². The highest BCUT2D eigenvalue weighted by Crippen LogP contribution is 2.28. The lowest BCUT2D eigenvalue weighted by atomic mass is 10.0. The van der Waals surface area contributed by atoms with Gasteiger partial charge in [0, 0.05) is 23.0 Å². The maximum absolute atomic E-state index is 6.21. The smallest absolute Gasteiger partial charge is 0.126 e. The number of ether oxygens (including phenoxy) is 2. The van der Waals surface area contributed by atoms with Crippen LogP contribution < -0.4 is 10.1 Å². The maximum atomic E-state index is 6.21. The van der Waals surface area contributed by atoms with Crippen molar-refractivity contribution in [2.45, 2.75) is 39.4 Å². The largest absolute Gasteiger partial charge is 0.487 e. The summed E-state index contributed by atoms with van der Waals surface area (Å²) in [6.07, 6.45) is 1.42. The van der Waals surface area contributed by atoms with E-state index in [9.17, 15) is 0 Å². The van der Waals surface area contributed by atoms with Crippen molar-refractivity contribution in [3.8, 4) is 5.75 Å². The predicted octanol–water partition coefficient (Wildman–Crippen LogP) is 3.43. The average molecular weight is 298 g/mol. The third-order valence-electron chi connectivity index (χ3n) is 3.71. The van der Waals surface area contributed by atoms with Crippen molar-refractivity contribution >= 4 is 11.6 Å². The highest BCUT2D eigenvalue weighted by atomic mass is 35.5. The number of halogens is 1. The fourth-order valence-electron chi connectivity index (χ4n) is 2.43. The summed E-state index contributed by atoms with van der Waals surface area (Å²) in [7, 11) is 0. The summed E-state index contributed by atoms with van der Waals surface area (Å²) in [6.45, 7) is 8.76. The molecule has 1 aliphatic heterocycles. The standard InChI is InChI=1S/C16H24ClNO2/c1-11(2)19-10-16(13-7-8-18-9-13)20-15-6-4-5-14(17)12(15)3/h4-6,11,13,16,18H,7-10H2,1-3H3. The molecule has 3 nitrogen and oxygen atoms in total. The molecule has 1 heterocycles. The fourth-order valence-corrected chi connectivity index (χ4v) is 2.59. The summed E-state index contributed by atoms with van der Waals surface area (Å²) in [5, 5.41) is 4.14. The van der Waals surface area contributed by atoms with Crippen molar-refractivity contribution in [2.24, 2.45) is 5.92 Å². The minimum Gasteiger partial charge on any atom is -0.487 e. The van der Waals surface area contributed by atoms with Crippen molar-refractivity contribution in [3.63, 3.8) is 0 Å². The van der Waals surface area contributed by atoms with E-state index in [1.165, 1.54) is 0 Å². The number of nitrogens with one attached hydrogen (secondary N) is 1. The van der Waals surface area contributed by atoms with Crippen LogP contribution in [0.15, 0.2) is 18.2 Å². The fraction of sp³-hybridized carbons (Fsp3) is 0.625. The topological polar surface area (TPSA) is 30.5 Å². The van der Waals surface area contributed by atoms with Crippen LogP contribution in [0.1, 0.15) is 25.8 Å². The third kappa shape index (κ3) is 4.11. The zero-order valence-electron chi connectivity index (χ0n) is 12.5. The SMILES string of the molecule is Cc1c(Cl)cccc1OC(COC(C)C)C1CCNC1. The van der Waals surface area contributed by atoms with Crippen LogP contribution in [0.2, 0.25) is 5.02 Å². The summed E-state index contributed by atoms with van der Waals surface area (Å²) in [6, 6.07) is 5.80. The second kappa shape index (κ2) is 7.30. The van der Waals surface area contributed by atoms with Crippen molar-refractivity contribution < 1.29 is 9.47 Å². The van der Waals surface area contributed by atoms with E-state index in [0.29, 0.717) is 12.5 Å². The van der Waals surface area contributed by atoms with E-state index in [0.717, 1.165) is 35.8 Å². The highest BCUT2D eigenvalue weighted by molar-refractivity contribution is 6.31. The van der Waals surface area contributed by atoms with E-state index in [1.54, 1.807) is 0 Å². The zero-order valence-corrected chi connectivity index (χ0v) is 13.2. The Labute approximate surface area is 126 Å². The molecule has 1 saturated heterocycles. The number of hydrogen-bond donors (Lipinski definition) is 1. The first kappa shape index (κ1) is 15.6. The number of rotatable bonds is 6. The number of hydrogen-bond acceptors (Lipinski definition) is 3. The molecule has 0 aliphatic carbocycles. The van der Waals surface area contributed by atoms with Gasteiger partial charge < -0.3 is 14.8 Å². The van der Waals surface area contributed by atoms with Crippen LogP contribution in [0, 0.1) is 12.8 Å². The first-order valence-electron chi connectivity index (χ1n) is 7.32. The lowest BCUT2D eigenvalue weighted by molar-refractivity contribution is -0.00390. The van der Waals surface area contributed by atoms with Gasteiger partial charge in [0.2, 0.25) is 0 Å². The average Bonchev–Trinajstić information content (AvgIpc) is 2.93. The van der Waals surface area contributed by atoms with Crippen molar-refractivity contribution in [1.82, 2.24) is 5.32 Å². The van der Waals surface area contributed by atoms with Gasteiger partial charge in [0.1, 0.15) is 11.9 Å². The molecule has 2 rings (SSSR count). The van der Waals surface area contributed by atoms with Crippen LogP contribution in [0.4, 0.5) is 0 Å². The molecule has 1 aromatic carbocycles. The molecule has 112 valence electrons. The first-order chi connectivity index (χ1) is 9.58. The molecular weight excluding hydrogens is 274 g/mol. The quantitative estimate of drug-likeness (QED) is 0.872. The minimum absolute atomic E-state index is 0.0737. The lowest BCUT2D eigenvalue weighted by Crippen LogP contribution is -2.34. The Balaban J connectivity index is 2.07. The monoisotopic (exact) mass is 297 g/mol. The van der Waals surface area contributed by atoms with Gasteiger partial charge in [-0.05, 0) is 45.9 Å². The van der Waals surface area contributed by atoms with Gasteiger partial charge in [0.15, 0.2) is 0 Å². The second-order valence-corrected chi connectivity index (χ2v) is 6.06. The Kier molecular flexibility index (Phi) is 5.70. The molecule has 0 spiro atoms. The van der Waals surface area contributed by atoms with E-state index < -0.39 is 0 Å². The molecule has 0 bridgehead atoms. The molecule has 2 atom stereocenters. The molecule has 0 aromatic heterocycles. The Morgan fingerprint density at radius 1 is 1.40 bits per heavy atom. The first-order valence-corrected chi connectivity index (χ1v) is 7.70. The van der Waals surface area contributed by atoms with E-state index in [1.807, 2.05) is 25.1 Å². The summed E-state index contributed by atoms with van der Waals surface area (Å²) < 4.78 is 12.0. The van der Waals surface area contributed by atoms with E-state index in [2.05, 4.69) is 19.2 Å². The van der Waals surface area contributed by atoms with Gasteiger partial charge in [-0.25, -0.2) is 0 Å². The molecule has 1 aromatic rings. The number of benzene rings is 1. The molecule has 0 saturated carbocycles. The van der Waals surface area contributed by atoms with E-state index in [-0.39, 0.29) is 12.2 Å². The van der Waals surface area contributed by atoms with Crippen molar-refractivity contribution in [1.29, 1.82) is 0 Å². The predicted molar refractivity (Wildman–Crippen MR) is 82.7 cm³/mol.